The molecule has 1 aromatic carbocycles. The summed E-state index contributed by atoms with van der Waals surface area (Å²) < 4.78 is 0. The highest BCUT2D eigenvalue weighted by molar-refractivity contribution is 6.42. The largest absolute Gasteiger partial charge is 0.337 e. The molecule has 1 heterocycles. The summed E-state index contributed by atoms with van der Waals surface area (Å²) in [5, 5.41) is 1.05. The van der Waals surface area contributed by atoms with Crippen LogP contribution in [0.4, 0.5) is 0 Å². The van der Waals surface area contributed by atoms with E-state index in [9.17, 15) is 4.79 Å². The monoisotopic (exact) mass is 357 g/mol. The minimum atomic E-state index is -0.134. The van der Waals surface area contributed by atoms with Gasteiger partial charge in [0.25, 0.3) is 0 Å². The highest BCUT2D eigenvalue weighted by Crippen LogP contribution is 2.23. The maximum atomic E-state index is 12.5. The van der Waals surface area contributed by atoms with Crippen LogP contribution in [-0.4, -0.2) is 47.9 Å². The number of rotatable bonds is 7. The number of nitrogens with two attached hydrogens (primary N) is 1. The molecular weight excluding hydrogens is 333 g/mol. The van der Waals surface area contributed by atoms with Gasteiger partial charge in [-0.2, -0.15) is 0 Å². The first kappa shape index (κ1) is 18.5. The van der Waals surface area contributed by atoms with Crippen LogP contribution in [0.25, 0.3) is 0 Å². The Morgan fingerprint density at radius 3 is 2.61 bits per heavy atom. The molecule has 1 atom stereocenters. The molecule has 1 aliphatic rings. The summed E-state index contributed by atoms with van der Waals surface area (Å²) in [5.41, 5.74) is 6.78. The second-order valence-electron chi connectivity index (χ2n) is 6.29. The minimum absolute atomic E-state index is 0.0882. The van der Waals surface area contributed by atoms with Crippen molar-refractivity contribution in [1.29, 1.82) is 0 Å². The van der Waals surface area contributed by atoms with E-state index in [4.69, 9.17) is 28.9 Å². The van der Waals surface area contributed by atoms with E-state index >= 15 is 0 Å². The van der Waals surface area contributed by atoms with Crippen molar-refractivity contribution in [2.24, 2.45) is 5.73 Å². The third-order valence-corrected chi connectivity index (χ3v) is 4.83. The second kappa shape index (κ2) is 8.88. The maximum Gasteiger partial charge on any atom is 0.224 e. The number of carbonyl (C=O) groups is 1. The number of likely N-dealkylation sites (tertiary alicyclic amines) is 1. The molecule has 1 aromatic rings. The van der Waals surface area contributed by atoms with Crippen molar-refractivity contribution in [2.75, 3.05) is 26.2 Å². The van der Waals surface area contributed by atoms with Crippen molar-refractivity contribution in [3.8, 4) is 0 Å². The van der Waals surface area contributed by atoms with Crippen LogP contribution >= 0.6 is 23.2 Å². The Hall–Kier alpha value is -0.810. The molecule has 1 amide bonds. The Kier molecular flexibility index (Phi) is 7.15. The summed E-state index contributed by atoms with van der Waals surface area (Å²) in [6, 6.07) is 5.38. The summed E-state index contributed by atoms with van der Waals surface area (Å²) in [7, 11) is 0. The minimum Gasteiger partial charge on any atom is -0.337 e. The number of carbonyl (C=O) groups excluding carboxylic acids is 1. The first-order valence-electron chi connectivity index (χ1n) is 8.15. The van der Waals surface area contributed by atoms with Gasteiger partial charge in [-0.1, -0.05) is 29.3 Å². The first-order valence-corrected chi connectivity index (χ1v) is 8.91. The van der Waals surface area contributed by atoms with E-state index in [-0.39, 0.29) is 11.9 Å². The molecule has 1 unspecified atom stereocenters. The first-order chi connectivity index (χ1) is 11.0. The smallest absolute Gasteiger partial charge is 0.224 e. The fourth-order valence-corrected chi connectivity index (χ4v) is 3.14. The van der Waals surface area contributed by atoms with E-state index in [1.54, 1.807) is 6.07 Å². The topological polar surface area (TPSA) is 49.6 Å². The lowest BCUT2D eigenvalue weighted by atomic mass is 10.1. The van der Waals surface area contributed by atoms with Gasteiger partial charge in [-0.15, -0.1) is 0 Å². The maximum absolute atomic E-state index is 12.5. The van der Waals surface area contributed by atoms with E-state index in [1.165, 1.54) is 12.8 Å². The van der Waals surface area contributed by atoms with Gasteiger partial charge >= 0.3 is 0 Å². The highest BCUT2D eigenvalue weighted by Gasteiger charge is 2.18. The molecular formula is C17H25Cl2N3O. The van der Waals surface area contributed by atoms with Gasteiger partial charge in [-0.25, -0.2) is 0 Å². The fraction of sp³-hybridized carbons (Fsp3) is 0.588. The fourth-order valence-electron chi connectivity index (χ4n) is 2.82. The Balaban J connectivity index is 2.01. The van der Waals surface area contributed by atoms with Crippen molar-refractivity contribution < 1.29 is 4.79 Å². The molecule has 1 saturated heterocycles. The van der Waals surface area contributed by atoms with E-state index in [0.717, 1.165) is 25.2 Å². The summed E-state index contributed by atoms with van der Waals surface area (Å²) in [6.45, 7) is 6.27. The third-order valence-electron chi connectivity index (χ3n) is 4.09. The second-order valence-corrected chi connectivity index (χ2v) is 7.11. The van der Waals surface area contributed by atoms with Crippen LogP contribution < -0.4 is 5.73 Å². The molecule has 128 valence electrons. The predicted octanol–water partition coefficient (Wildman–Crippen LogP) is 3.16. The third kappa shape index (κ3) is 5.96. The van der Waals surface area contributed by atoms with Crippen LogP contribution in [0.1, 0.15) is 31.7 Å². The highest BCUT2D eigenvalue weighted by atomic mass is 35.5. The van der Waals surface area contributed by atoms with Crippen molar-refractivity contribution in [3.05, 3.63) is 33.8 Å². The quantitative estimate of drug-likeness (QED) is 0.815. The van der Waals surface area contributed by atoms with Gasteiger partial charge in [0.05, 0.1) is 10.0 Å². The number of hydrogen-bond acceptors (Lipinski definition) is 3. The molecule has 0 aliphatic carbocycles. The molecule has 23 heavy (non-hydrogen) atoms. The Labute approximate surface area is 148 Å². The molecule has 0 radical (unpaired) electrons. The molecule has 1 fully saturated rings. The standard InChI is InChI=1S/C17H25Cl2N3O/c1-13(20)10-17(23)22(9-8-21-6-2-3-7-21)12-14-4-5-15(18)16(19)11-14/h4-5,11,13H,2-3,6-10,12,20H2,1H3. The lowest BCUT2D eigenvalue weighted by Gasteiger charge is -2.26. The Bertz CT molecular complexity index is 531. The summed E-state index contributed by atoms with van der Waals surface area (Å²) in [6.07, 6.45) is 2.86. The molecule has 4 nitrogen and oxygen atoms in total. The lowest BCUT2D eigenvalue weighted by Crippen LogP contribution is -2.39. The van der Waals surface area contributed by atoms with Crippen LogP contribution in [-0.2, 0) is 11.3 Å². The van der Waals surface area contributed by atoms with E-state index in [2.05, 4.69) is 4.90 Å². The van der Waals surface area contributed by atoms with Gasteiger partial charge in [-0.3, -0.25) is 4.79 Å². The Morgan fingerprint density at radius 2 is 2.00 bits per heavy atom. The summed E-state index contributed by atoms with van der Waals surface area (Å²) >= 11 is 12.0. The zero-order valence-corrected chi connectivity index (χ0v) is 15.1. The van der Waals surface area contributed by atoms with Crippen LogP contribution in [0.15, 0.2) is 18.2 Å². The number of halogens is 2. The SMILES string of the molecule is CC(N)CC(=O)N(CCN1CCCC1)Cc1ccc(Cl)c(Cl)c1. The van der Waals surface area contributed by atoms with Crippen LogP contribution in [0.2, 0.25) is 10.0 Å². The summed E-state index contributed by atoms with van der Waals surface area (Å²) in [5.74, 6) is 0.0882. The average molecular weight is 358 g/mol. The van der Waals surface area contributed by atoms with Crippen LogP contribution in [0.5, 0.6) is 0 Å². The van der Waals surface area contributed by atoms with Gasteiger partial charge in [0.15, 0.2) is 0 Å². The molecule has 6 heteroatoms. The van der Waals surface area contributed by atoms with Crippen LogP contribution in [0.3, 0.4) is 0 Å². The summed E-state index contributed by atoms with van der Waals surface area (Å²) in [4.78, 5) is 16.8. The van der Waals surface area contributed by atoms with Gasteiger partial charge in [-0.05, 0) is 50.6 Å². The normalized spacial score (nSPS) is 16.5. The Morgan fingerprint density at radius 1 is 1.30 bits per heavy atom. The zero-order chi connectivity index (χ0) is 16.8. The van der Waals surface area contributed by atoms with E-state index in [1.807, 2.05) is 24.0 Å². The van der Waals surface area contributed by atoms with E-state index < -0.39 is 0 Å². The number of nitrogens with zero attached hydrogens (tertiary/aromatic N) is 2. The zero-order valence-electron chi connectivity index (χ0n) is 13.6. The average Bonchev–Trinajstić information content (AvgIpc) is 2.99. The predicted molar refractivity (Wildman–Crippen MR) is 95.8 cm³/mol. The van der Waals surface area contributed by atoms with Gasteiger partial charge in [0, 0.05) is 32.1 Å². The van der Waals surface area contributed by atoms with Crippen molar-refractivity contribution in [2.45, 2.75) is 38.8 Å². The lowest BCUT2D eigenvalue weighted by molar-refractivity contribution is -0.132. The van der Waals surface area contributed by atoms with Gasteiger partial charge in [0.1, 0.15) is 0 Å². The molecule has 0 bridgehead atoms. The van der Waals surface area contributed by atoms with E-state index in [0.29, 0.717) is 29.6 Å². The molecule has 2 N–H and O–H groups in total. The number of amides is 1. The van der Waals surface area contributed by atoms with Crippen molar-refractivity contribution in [1.82, 2.24) is 9.80 Å². The molecule has 2 rings (SSSR count). The molecule has 0 aromatic heterocycles. The molecule has 0 spiro atoms. The van der Waals surface area contributed by atoms with Crippen molar-refractivity contribution in [3.63, 3.8) is 0 Å². The molecule has 1 aliphatic heterocycles. The number of hydrogen-bond donors (Lipinski definition) is 1. The van der Waals surface area contributed by atoms with Gasteiger partial charge < -0.3 is 15.5 Å². The molecule has 0 saturated carbocycles. The van der Waals surface area contributed by atoms with Crippen molar-refractivity contribution >= 4 is 29.1 Å². The number of benzene rings is 1. The van der Waals surface area contributed by atoms with Crippen LogP contribution in [0, 0.1) is 0 Å². The van der Waals surface area contributed by atoms with Gasteiger partial charge in [0.2, 0.25) is 5.91 Å².